The van der Waals surface area contributed by atoms with Crippen LogP contribution in [-0.2, 0) is 4.74 Å². The molecule has 2 rings (SSSR count). The third-order valence-electron chi connectivity index (χ3n) is 3.34. The summed E-state index contributed by atoms with van der Waals surface area (Å²) in [6, 6.07) is 0.686. The molecule has 1 aliphatic carbocycles. The molecule has 3 nitrogen and oxygen atoms in total. The number of likely N-dealkylation sites (N-methyl/N-ethyl adjacent to an activating group) is 1. The Kier molecular flexibility index (Phi) is 3.42. The molecule has 3 heteroatoms. The summed E-state index contributed by atoms with van der Waals surface area (Å²) in [4.78, 5) is 2.34. The van der Waals surface area contributed by atoms with E-state index < -0.39 is 0 Å². The van der Waals surface area contributed by atoms with Crippen molar-refractivity contribution >= 4 is 0 Å². The zero-order chi connectivity index (χ0) is 9.97. The lowest BCUT2D eigenvalue weighted by atomic mass is 10.2. The minimum absolute atomic E-state index is 0.398. The number of nitrogens with one attached hydrogen (secondary N) is 1. The van der Waals surface area contributed by atoms with Gasteiger partial charge in [-0.25, -0.2) is 0 Å². The number of rotatable bonds is 4. The minimum atomic E-state index is 0.398. The number of ether oxygens (including phenoxy) is 1. The van der Waals surface area contributed by atoms with Crippen molar-refractivity contribution < 1.29 is 4.74 Å². The summed E-state index contributed by atoms with van der Waals surface area (Å²) in [5, 5.41) is 3.58. The van der Waals surface area contributed by atoms with E-state index in [0.29, 0.717) is 12.1 Å². The van der Waals surface area contributed by atoms with Crippen LogP contribution in [0, 0.1) is 5.92 Å². The van der Waals surface area contributed by atoms with Crippen molar-refractivity contribution in [2.75, 3.05) is 33.3 Å². The summed E-state index contributed by atoms with van der Waals surface area (Å²) in [5.74, 6) is 0.941. The summed E-state index contributed by atoms with van der Waals surface area (Å²) in [5.41, 5.74) is 0. The molecule has 14 heavy (non-hydrogen) atoms. The van der Waals surface area contributed by atoms with Crippen LogP contribution >= 0.6 is 0 Å². The van der Waals surface area contributed by atoms with Crippen molar-refractivity contribution in [2.24, 2.45) is 5.92 Å². The van der Waals surface area contributed by atoms with Gasteiger partial charge in [0.15, 0.2) is 0 Å². The van der Waals surface area contributed by atoms with Gasteiger partial charge in [0.05, 0.1) is 12.7 Å². The maximum atomic E-state index is 5.69. The lowest BCUT2D eigenvalue weighted by Crippen LogP contribution is -2.46. The van der Waals surface area contributed by atoms with E-state index in [4.69, 9.17) is 4.74 Å². The van der Waals surface area contributed by atoms with Crippen LogP contribution in [-0.4, -0.2) is 50.3 Å². The van der Waals surface area contributed by atoms with Gasteiger partial charge in [-0.3, -0.25) is 0 Å². The van der Waals surface area contributed by atoms with Gasteiger partial charge in [0.25, 0.3) is 0 Å². The molecule has 0 aromatic rings. The number of hydrogen-bond donors (Lipinski definition) is 1. The van der Waals surface area contributed by atoms with E-state index in [9.17, 15) is 0 Å². The zero-order valence-corrected chi connectivity index (χ0v) is 9.33. The Morgan fingerprint density at radius 2 is 2.29 bits per heavy atom. The molecule has 0 radical (unpaired) electrons. The number of morpholine rings is 1. The molecule has 1 saturated carbocycles. The van der Waals surface area contributed by atoms with E-state index >= 15 is 0 Å². The molecule has 0 unspecified atom stereocenters. The first-order valence-corrected chi connectivity index (χ1v) is 5.79. The van der Waals surface area contributed by atoms with Gasteiger partial charge < -0.3 is 15.0 Å². The normalized spacial score (nSPS) is 31.7. The van der Waals surface area contributed by atoms with Crippen LogP contribution in [0.15, 0.2) is 0 Å². The predicted molar refractivity (Wildman–Crippen MR) is 57.4 cm³/mol. The van der Waals surface area contributed by atoms with Gasteiger partial charge in [-0.05, 0) is 32.7 Å². The van der Waals surface area contributed by atoms with Gasteiger partial charge in [0.2, 0.25) is 0 Å². The van der Waals surface area contributed by atoms with Gasteiger partial charge >= 0.3 is 0 Å². The van der Waals surface area contributed by atoms with Gasteiger partial charge in [0.1, 0.15) is 0 Å². The molecule has 1 N–H and O–H groups in total. The first kappa shape index (κ1) is 10.4. The maximum Gasteiger partial charge on any atom is 0.0826 e. The molecule has 1 saturated heterocycles. The predicted octanol–water partition coefficient (Wildman–Crippen LogP) is 0.705. The second kappa shape index (κ2) is 4.60. The summed E-state index contributed by atoms with van der Waals surface area (Å²) >= 11 is 0. The van der Waals surface area contributed by atoms with Gasteiger partial charge in [-0.15, -0.1) is 0 Å². The molecule has 0 aromatic heterocycles. The largest absolute Gasteiger partial charge is 0.374 e. The van der Waals surface area contributed by atoms with Gasteiger partial charge in [-0.1, -0.05) is 0 Å². The molecule has 2 fully saturated rings. The van der Waals surface area contributed by atoms with Crippen LogP contribution in [0.3, 0.4) is 0 Å². The van der Waals surface area contributed by atoms with E-state index in [1.807, 2.05) is 0 Å². The highest BCUT2D eigenvalue weighted by molar-refractivity contribution is 4.84. The SMILES string of the molecule is C[C@H](NC[C@H]1CN(C)CCO1)C1CC1. The van der Waals surface area contributed by atoms with Crippen molar-refractivity contribution in [3.63, 3.8) is 0 Å². The molecular weight excluding hydrogens is 176 g/mol. The highest BCUT2D eigenvalue weighted by atomic mass is 16.5. The minimum Gasteiger partial charge on any atom is -0.374 e. The maximum absolute atomic E-state index is 5.69. The van der Waals surface area contributed by atoms with Gasteiger partial charge in [-0.2, -0.15) is 0 Å². The number of nitrogens with zero attached hydrogens (tertiary/aromatic N) is 1. The first-order valence-electron chi connectivity index (χ1n) is 5.79. The molecule has 0 aromatic carbocycles. The van der Waals surface area contributed by atoms with Crippen molar-refractivity contribution in [3.8, 4) is 0 Å². The average Bonchev–Trinajstić information content (AvgIpc) is 2.97. The van der Waals surface area contributed by atoms with Crippen LogP contribution < -0.4 is 5.32 Å². The first-order chi connectivity index (χ1) is 6.75. The number of hydrogen-bond acceptors (Lipinski definition) is 3. The Labute approximate surface area is 86.8 Å². The fourth-order valence-electron chi connectivity index (χ4n) is 2.07. The van der Waals surface area contributed by atoms with Crippen LogP contribution in [0.25, 0.3) is 0 Å². The zero-order valence-electron chi connectivity index (χ0n) is 9.33. The molecule has 0 spiro atoms. The molecule has 2 atom stereocenters. The fourth-order valence-corrected chi connectivity index (χ4v) is 2.07. The van der Waals surface area contributed by atoms with E-state index in [2.05, 4.69) is 24.2 Å². The van der Waals surface area contributed by atoms with Crippen LogP contribution in [0.2, 0.25) is 0 Å². The third-order valence-corrected chi connectivity index (χ3v) is 3.34. The molecule has 82 valence electrons. The van der Waals surface area contributed by atoms with E-state index in [-0.39, 0.29) is 0 Å². The fraction of sp³-hybridized carbons (Fsp3) is 1.00. The lowest BCUT2D eigenvalue weighted by molar-refractivity contribution is -0.0193. The Balaban J connectivity index is 1.63. The molecule has 0 bridgehead atoms. The summed E-state index contributed by atoms with van der Waals surface area (Å²) in [6.07, 6.45) is 3.23. The summed E-state index contributed by atoms with van der Waals surface area (Å²) < 4.78 is 5.69. The average molecular weight is 198 g/mol. The van der Waals surface area contributed by atoms with Crippen LogP contribution in [0.5, 0.6) is 0 Å². The van der Waals surface area contributed by atoms with Crippen molar-refractivity contribution in [1.82, 2.24) is 10.2 Å². The Morgan fingerprint density at radius 1 is 1.50 bits per heavy atom. The standard InChI is InChI=1S/C11H22N2O/c1-9(10-3-4-10)12-7-11-8-13(2)5-6-14-11/h9-12H,3-8H2,1-2H3/t9-,11-/m0/s1. The van der Waals surface area contributed by atoms with Crippen molar-refractivity contribution in [1.29, 1.82) is 0 Å². The topological polar surface area (TPSA) is 24.5 Å². The molecular formula is C11H22N2O. The van der Waals surface area contributed by atoms with E-state index in [1.54, 1.807) is 0 Å². The Bertz CT molecular complexity index is 182. The highest BCUT2D eigenvalue weighted by Crippen LogP contribution is 2.32. The Morgan fingerprint density at radius 3 is 2.93 bits per heavy atom. The summed E-state index contributed by atoms with van der Waals surface area (Å²) in [7, 11) is 2.17. The smallest absolute Gasteiger partial charge is 0.0826 e. The monoisotopic (exact) mass is 198 g/mol. The van der Waals surface area contributed by atoms with Crippen molar-refractivity contribution in [2.45, 2.75) is 31.9 Å². The van der Waals surface area contributed by atoms with Gasteiger partial charge in [0, 0.05) is 25.7 Å². The molecule has 0 amide bonds. The van der Waals surface area contributed by atoms with Crippen LogP contribution in [0.4, 0.5) is 0 Å². The van der Waals surface area contributed by atoms with Crippen LogP contribution in [0.1, 0.15) is 19.8 Å². The van der Waals surface area contributed by atoms with E-state index in [0.717, 1.165) is 32.2 Å². The van der Waals surface area contributed by atoms with Crippen molar-refractivity contribution in [3.05, 3.63) is 0 Å². The molecule has 1 aliphatic heterocycles. The Hall–Kier alpha value is -0.120. The second-order valence-corrected chi connectivity index (χ2v) is 4.79. The third kappa shape index (κ3) is 2.94. The molecule has 2 aliphatic rings. The van der Waals surface area contributed by atoms with E-state index in [1.165, 1.54) is 12.8 Å². The summed E-state index contributed by atoms with van der Waals surface area (Å²) in [6.45, 7) is 6.35. The molecule has 1 heterocycles. The quantitative estimate of drug-likeness (QED) is 0.720. The second-order valence-electron chi connectivity index (χ2n) is 4.79. The highest BCUT2D eigenvalue weighted by Gasteiger charge is 2.28. The lowest BCUT2D eigenvalue weighted by Gasteiger charge is -2.31.